The fourth-order valence-electron chi connectivity index (χ4n) is 3.42. The van der Waals surface area contributed by atoms with Crippen molar-refractivity contribution in [3.05, 3.63) is 106 Å². The number of carbonyl (C=O) groups is 1. The molecule has 3 aromatic carbocycles. The van der Waals surface area contributed by atoms with Crippen LogP contribution < -0.4 is 9.11 Å². The van der Waals surface area contributed by atoms with Crippen LogP contribution in [0.5, 0.6) is 0 Å². The Balaban J connectivity index is 1.68. The van der Waals surface area contributed by atoms with Crippen LogP contribution in [-0.2, 0) is 16.6 Å². The molecule has 1 aromatic heterocycles. The topological polar surface area (TPSA) is 115 Å². The Morgan fingerprint density at radius 3 is 2.46 bits per heavy atom. The number of benzene rings is 3. The Morgan fingerprint density at radius 1 is 1.14 bits per heavy atom. The number of para-hydroxylation sites is 1. The zero-order valence-corrected chi connectivity index (χ0v) is 20.2. The van der Waals surface area contributed by atoms with E-state index in [2.05, 4.69) is 11.6 Å². The number of aromatic nitrogens is 1. The average Bonchev–Trinajstić information content (AvgIpc) is 3.20. The van der Waals surface area contributed by atoms with E-state index in [-0.39, 0.29) is 16.1 Å². The lowest BCUT2D eigenvalue weighted by Crippen LogP contribution is -2.26. The zero-order chi connectivity index (χ0) is 25.2. The molecule has 178 valence electrons. The highest BCUT2D eigenvalue weighted by molar-refractivity contribution is 7.92. The standard InChI is InChI=1S/C24H20N4O5S2/c1-3-15-27-21-16-19(28(30)31)11-14-22(21)34-24(27)25-23(29)17-9-12-20(13-10-17)35(32,33)26(2)18-7-5-4-6-8-18/h3-14,16H,1,15H2,2H3. The largest absolute Gasteiger partial charge is 0.312 e. The monoisotopic (exact) mass is 508 g/mol. The van der Waals surface area contributed by atoms with E-state index in [0.29, 0.717) is 22.6 Å². The van der Waals surface area contributed by atoms with Crippen molar-refractivity contribution in [2.45, 2.75) is 11.4 Å². The lowest BCUT2D eigenvalue weighted by Gasteiger charge is -2.19. The molecule has 0 aliphatic rings. The molecule has 11 heteroatoms. The summed E-state index contributed by atoms with van der Waals surface area (Å²) in [5.41, 5.74) is 1.23. The van der Waals surface area contributed by atoms with E-state index in [1.54, 1.807) is 47.0 Å². The highest BCUT2D eigenvalue weighted by atomic mass is 32.2. The molecular formula is C24H20N4O5S2. The molecule has 0 fully saturated rings. The number of nitrogens with zero attached hydrogens (tertiary/aromatic N) is 4. The van der Waals surface area contributed by atoms with Crippen molar-refractivity contribution < 1.29 is 18.1 Å². The molecule has 0 atom stereocenters. The Kier molecular flexibility index (Phi) is 6.63. The zero-order valence-electron chi connectivity index (χ0n) is 18.6. The summed E-state index contributed by atoms with van der Waals surface area (Å²) in [5, 5.41) is 11.2. The highest BCUT2D eigenvalue weighted by Gasteiger charge is 2.21. The minimum absolute atomic E-state index is 0.0382. The van der Waals surface area contributed by atoms with Crippen molar-refractivity contribution in [2.24, 2.45) is 4.99 Å². The quantitative estimate of drug-likeness (QED) is 0.209. The third kappa shape index (κ3) is 4.77. The molecule has 9 nitrogen and oxygen atoms in total. The van der Waals surface area contributed by atoms with Crippen LogP contribution in [0.4, 0.5) is 11.4 Å². The third-order valence-electron chi connectivity index (χ3n) is 5.26. The number of amides is 1. The van der Waals surface area contributed by atoms with Crippen LogP contribution in [0.2, 0.25) is 0 Å². The van der Waals surface area contributed by atoms with Gasteiger partial charge in [-0.1, -0.05) is 35.6 Å². The first-order valence-corrected chi connectivity index (χ1v) is 12.6. The molecule has 0 unspecified atom stereocenters. The maximum atomic E-state index is 13.0. The van der Waals surface area contributed by atoms with Crippen molar-refractivity contribution in [2.75, 3.05) is 11.4 Å². The second-order valence-corrected chi connectivity index (χ2v) is 10.4. The first kappa shape index (κ1) is 24.0. The van der Waals surface area contributed by atoms with Gasteiger partial charge in [-0.25, -0.2) is 8.42 Å². The van der Waals surface area contributed by atoms with Crippen molar-refractivity contribution in [1.29, 1.82) is 0 Å². The summed E-state index contributed by atoms with van der Waals surface area (Å²) < 4.78 is 29.5. The number of allylic oxidation sites excluding steroid dienone is 1. The maximum absolute atomic E-state index is 13.0. The molecule has 1 heterocycles. The van der Waals surface area contributed by atoms with Gasteiger partial charge in [-0.15, -0.1) is 6.58 Å². The van der Waals surface area contributed by atoms with E-state index in [9.17, 15) is 23.3 Å². The summed E-state index contributed by atoms with van der Waals surface area (Å²) in [6, 6.07) is 18.7. The van der Waals surface area contributed by atoms with Gasteiger partial charge in [0.1, 0.15) is 0 Å². The van der Waals surface area contributed by atoms with Crippen LogP contribution in [0.25, 0.3) is 10.2 Å². The second-order valence-electron chi connectivity index (χ2n) is 7.44. The van der Waals surface area contributed by atoms with Gasteiger partial charge < -0.3 is 4.57 Å². The van der Waals surface area contributed by atoms with Crippen LogP contribution in [-0.4, -0.2) is 30.9 Å². The van der Waals surface area contributed by atoms with Gasteiger partial charge in [-0.2, -0.15) is 4.99 Å². The van der Waals surface area contributed by atoms with E-state index in [1.165, 1.54) is 59.1 Å². The normalized spacial score (nSPS) is 12.0. The fraction of sp³-hybridized carbons (Fsp3) is 0.0833. The molecule has 0 N–H and O–H groups in total. The summed E-state index contributed by atoms with van der Waals surface area (Å²) in [7, 11) is -2.35. The van der Waals surface area contributed by atoms with Crippen LogP contribution in [0.3, 0.4) is 0 Å². The summed E-state index contributed by atoms with van der Waals surface area (Å²) in [5.74, 6) is -0.566. The van der Waals surface area contributed by atoms with Gasteiger partial charge in [0.15, 0.2) is 4.80 Å². The first-order chi connectivity index (χ1) is 16.7. The Hall–Kier alpha value is -4.09. The molecule has 35 heavy (non-hydrogen) atoms. The van der Waals surface area contributed by atoms with Crippen LogP contribution >= 0.6 is 11.3 Å². The van der Waals surface area contributed by atoms with Crippen molar-refractivity contribution in [3.63, 3.8) is 0 Å². The molecule has 0 radical (unpaired) electrons. The number of carbonyl (C=O) groups excluding carboxylic acids is 1. The van der Waals surface area contributed by atoms with Crippen LogP contribution in [0, 0.1) is 10.1 Å². The molecule has 0 spiro atoms. The Morgan fingerprint density at radius 2 is 1.83 bits per heavy atom. The van der Waals surface area contributed by atoms with E-state index < -0.39 is 20.9 Å². The number of fused-ring (bicyclic) bond motifs is 1. The Labute approximate surface area is 205 Å². The number of hydrogen-bond donors (Lipinski definition) is 0. The number of anilines is 1. The van der Waals surface area contributed by atoms with Crippen LogP contribution in [0.1, 0.15) is 10.4 Å². The molecular weight excluding hydrogens is 488 g/mol. The smallest absolute Gasteiger partial charge is 0.279 e. The van der Waals surface area contributed by atoms with E-state index >= 15 is 0 Å². The van der Waals surface area contributed by atoms with Crippen molar-refractivity contribution in [3.8, 4) is 0 Å². The first-order valence-electron chi connectivity index (χ1n) is 10.3. The van der Waals surface area contributed by atoms with Gasteiger partial charge >= 0.3 is 0 Å². The minimum atomic E-state index is -3.81. The van der Waals surface area contributed by atoms with Gasteiger partial charge in [0.05, 0.1) is 25.7 Å². The van der Waals surface area contributed by atoms with Crippen molar-refractivity contribution in [1.82, 2.24) is 4.57 Å². The van der Waals surface area contributed by atoms with Gasteiger partial charge in [0.2, 0.25) is 0 Å². The molecule has 0 aliphatic carbocycles. The SMILES string of the molecule is C=CCn1c(=NC(=O)c2ccc(S(=O)(=O)N(C)c3ccccc3)cc2)sc2ccc([N+](=O)[O-])cc21. The average molecular weight is 509 g/mol. The summed E-state index contributed by atoms with van der Waals surface area (Å²) in [6.45, 7) is 4.01. The number of nitro benzene ring substituents is 1. The minimum Gasteiger partial charge on any atom is -0.312 e. The number of non-ortho nitro benzene ring substituents is 1. The molecule has 0 saturated heterocycles. The van der Waals surface area contributed by atoms with E-state index in [1.807, 2.05) is 0 Å². The number of sulfonamides is 1. The fourth-order valence-corrected chi connectivity index (χ4v) is 5.63. The number of nitro groups is 1. The summed E-state index contributed by atoms with van der Waals surface area (Å²) in [6.07, 6.45) is 1.61. The summed E-state index contributed by atoms with van der Waals surface area (Å²) >= 11 is 1.22. The number of hydrogen-bond acceptors (Lipinski definition) is 6. The molecule has 1 amide bonds. The van der Waals surface area contributed by atoms with Crippen LogP contribution in [0.15, 0.2) is 95.3 Å². The molecule has 0 aliphatic heterocycles. The van der Waals surface area contributed by atoms with E-state index in [4.69, 9.17) is 0 Å². The lowest BCUT2D eigenvalue weighted by atomic mass is 10.2. The highest BCUT2D eigenvalue weighted by Crippen LogP contribution is 2.24. The third-order valence-corrected chi connectivity index (χ3v) is 8.12. The van der Waals surface area contributed by atoms with Gasteiger partial charge in [0, 0.05) is 31.3 Å². The van der Waals surface area contributed by atoms with E-state index in [0.717, 1.165) is 4.70 Å². The van der Waals surface area contributed by atoms with Gasteiger partial charge in [-0.05, 0) is 42.5 Å². The molecule has 4 aromatic rings. The molecule has 0 saturated carbocycles. The van der Waals surface area contributed by atoms with Crippen molar-refractivity contribution >= 4 is 48.9 Å². The number of rotatable bonds is 7. The summed E-state index contributed by atoms with van der Waals surface area (Å²) in [4.78, 5) is 28.1. The molecule has 0 bridgehead atoms. The second kappa shape index (κ2) is 9.65. The van der Waals surface area contributed by atoms with Gasteiger partial charge in [0.25, 0.3) is 21.6 Å². The number of thiazole rings is 1. The predicted molar refractivity (Wildman–Crippen MR) is 135 cm³/mol. The van der Waals surface area contributed by atoms with Gasteiger partial charge in [-0.3, -0.25) is 19.2 Å². The molecule has 4 rings (SSSR count). The predicted octanol–water partition coefficient (Wildman–Crippen LogP) is 4.36. The maximum Gasteiger partial charge on any atom is 0.279 e. The lowest BCUT2D eigenvalue weighted by molar-refractivity contribution is -0.384. The Bertz CT molecular complexity index is 1610.